The third-order valence-corrected chi connectivity index (χ3v) is 3.20. The number of methoxy groups -OCH3 is 1. The topological polar surface area (TPSA) is 55.8 Å². The molecule has 0 saturated heterocycles. The van der Waals surface area contributed by atoms with Crippen LogP contribution >= 0.6 is 0 Å². The molecule has 1 amide bonds. The van der Waals surface area contributed by atoms with Gasteiger partial charge in [0.15, 0.2) is 18.1 Å². The Morgan fingerprint density at radius 2 is 1.74 bits per heavy atom. The summed E-state index contributed by atoms with van der Waals surface area (Å²) in [4.78, 5) is 25.1. The first-order valence-corrected chi connectivity index (χ1v) is 7.91. The highest BCUT2D eigenvalue weighted by Crippen LogP contribution is 2.27. The molecule has 0 aliphatic heterocycles. The van der Waals surface area contributed by atoms with Crippen LogP contribution in [0.25, 0.3) is 0 Å². The van der Waals surface area contributed by atoms with Crippen LogP contribution in [0.1, 0.15) is 38.1 Å². The van der Waals surface area contributed by atoms with Crippen LogP contribution in [0.15, 0.2) is 18.2 Å². The lowest BCUT2D eigenvalue weighted by atomic mass is 10.1. The van der Waals surface area contributed by atoms with E-state index in [4.69, 9.17) is 9.47 Å². The van der Waals surface area contributed by atoms with Gasteiger partial charge in [0.25, 0.3) is 5.91 Å². The normalized spacial score (nSPS) is 10.7. The van der Waals surface area contributed by atoms with E-state index in [2.05, 4.69) is 27.7 Å². The Balaban J connectivity index is 2.77. The van der Waals surface area contributed by atoms with Crippen LogP contribution < -0.4 is 9.47 Å². The van der Waals surface area contributed by atoms with Crippen molar-refractivity contribution >= 4 is 12.2 Å². The first-order chi connectivity index (χ1) is 10.9. The molecular weight excluding hydrogens is 294 g/mol. The maximum absolute atomic E-state index is 12.4. The van der Waals surface area contributed by atoms with Gasteiger partial charge in [-0.25, -0.2) is 0 Å². The Morgan fingerprint density at radius 1 is 1.13 bits per heavy atom. The molecule has 0 saturated carbocycles. The van der Waals surface area contributed by atoms with E-state index in [0.717, 1.165) is 6.29 Å². The Labute approximate surface area is 138 Å². The van der Waals surface area contributed by atoms with E-state index in [1.807, 2.05) is 4.90 Å². The molecule has 23 heavy (non-hydrogen) atoms. The molecule has 5 heteroatoms. The monoisotopic (exact) mass is 321 g/mol. The number of carbonyl (C=O) groups is 2. The van der Waals surface area contributed by atoms with Gasteiger partial charge in [0.2, 0.25) is 0 Å². The van der Waals surface area contributed by atoms with Crippen LogP contribution in [-0.2, 0) is 4.79 Å². The van der Waals surface area contributed by atoms with E-state index in [1.54, 1.807) is 18.2 Å². The van der Waals surface area contributed by atoms with Crippen molar-refractivity contribution in [2.24, 2.45) is 11.8 Å². The molecule has 1 rings (SSSR count). The lowest BCUT2D eigenvalue weighted by Crippen LogP contribution is -2.39. The second kappa shape index (κ2) is 9.18. The smallest absolute Gasteiger partial charge is 0.260 e. The largest absolute Gasteiger partial charge is 0.493 e. The Bertz CT molecular complexity index is 516. The molecule has 0 aromatic heterocycles. The fourth-order valence-electron chi connectivity index (χ4n) is 2.27. The molecule has 5 nitrogen and oxygen atoms in total. The van der Waals surface area contributed by atoms with Gasteiger partial charge in [-0.2, -0.15) is 0 Å². The fraction of sp³-hybridized carbons (Fsp3) is 0.556. The first kappa shape index (κ1) is 19.0. The minimum absolute atomic E-state index is 0.0639. The van der Waals surface area contributed by atoms with E-state index in [-0.39, 0.29) is 12.5 Å². The van der Waals surface area contributed by atoms with E-state index >= 15 is 0 Å². The van der Waals surface area contributed by atoms with Gasteiger partial charge in [-0.05, 0) is 30.0 Å². The molecule has 0 aliphatic rings. The number of nitrogens with zero attached hydrogens (tertiary/aromatic N) is 1. The lowest BCUT2D eigenvalue weighted by Gasteiger charge is -2.26. The maximum Gasteiger partial charge on any atom is 0.260 e. The van der Waals surface area contributed by atoms with Gasteiger partial charge in [0.05, 0.1) is 7.11 Å². The molecule has 1 aromatic rings. The average molecular weight is 321 g/mol. The number of hydrogen-bond donors (Lipinski definition) is 0. The highest BCUT2D eigenvalue weighted by atomic mass is 16.5. The molecule has 0 aliphatic carbocycles. The number of amides is 1. The third-order valence-electron chi connectivity index (χ3n) is 3.20. The van der Waals surface area contributed by atoms with Crippen molar-refractivity contribution in [2.75, 3.05) is 26.8 Å². The number of ether oxygens (including phenoxy) is 2. The second-order valence-electron chi connectivity index (χ2n) is 6.40. The zero-order valence-corrected chi connectivity index (χ0v) is 14.7. The average Bonchev–Trinajstić information content (AvgIpc) is 2.50. The van der Waals surface area contributed by atoms with E-state index in [9.17, 15) is 9.59 Å². The van der Waals surface area contributed by atoms with Crippen LogP contribution in [0.5, 0.6) is 11.5 Å². The van der Waals surface area contributed by atoms with Crippen molar-refractivity contribution in [3.8, 4) is 11.5 Å². The van der Waals surface area contributed by atoms with Crippen LogP contribution in [0, 0.1) is 11.8 Å². The van der Waals surface area contributed by atoms with E-state index in [1.165, 1.54) is 7.11 Å². The Morgan fingerprint density at radius 3 is 2.22 bits per heavy atom. The number of aldehydes is 1. The summed E-state index contributed by atoms with van der Waals surface area (Å²) < 4.78 is 10.8. The van der Waals surface area contributed by atoms with Crippen LogP contribution in [0.2, 0.25) is 0 Å². The summed E-state index contributed by atoms with van der Waals surface area (Å²) in [5, 5.41) is 0. The zero-order valence-electron chi connectivity index (χ0n) is 14.7. The van der Waals surface area contributed by atoms with Crippen molar-refractivity contribution in [3.63, 3.8) is 0 Å². The number of benzene rings is 1. The molecular formula is C18H27NO4. The summed E-state index contributed by atoms with van der Waals surface area (Å²) in [6, 6.07) is 4.88. The predicted octanol–water partition coefficient (Wildman–Crippen LogP) is 3.03. The number of rotatable bonds is 9. The van der Waals surface area contributed by atoms with Gasteiger partial charge in [0.1, 0.15) is 6.29 Å². The van der Waals surface area contributed by atoms with Crippen molar-refractivity contribution in [1.82, 2.24) is 4.90 Å². The summed E-state index contributed by atoms with van der Waals surface area (Å²) in [6.45, 7) is 9.65. The summed E-state index contributed by atoms with van der Waals surface area (Å²) in [7, 11) is 1.52. The summed E-state index contributed by atoms with van der Waals surface area (Å²) in [6.07, 6.45) is 0.734. The lowest BCUT2D eigenvalue weighted by molar-refractivity contribution is -0.134. The quantitative estimate of drug-likeness (QED) is 0.656. The molecule has 0 radical (unpaired) electrons. The molecule has 128 valence electrons. The summed E-state index contributed by atoms with van der Waals surface area (Å²) >= 11 is 0. The predicted molar refractivity (Wildman–Crippen MR) is 90.1 cm³/mol. The SMILES string of the molecule is COc1ccc(C=O)cc1OCC(=O)N(CC(C)C)CC(C)C. The number of hydrogen-bond acceptors (Lipinski definition) is 4. The molecule has 0 spiro atoms. The zero-order chi connectivity index (χ0) is 17.4. The van der Waals surface area contributed by atoms with Gasteiger partial charge in [-0.1, -0.05) is 27.7 Å². The van der Waals surface area contributed by atoms with Gasteiger partial charge in [-0.15, -0.1) is 0 Å². The van der Waals surface area contributed by atoms with Crippen LogP contribution in [0.4, 0.5) is 0 Å². The fourth-order valence-corrected chi connectivity index (χ4v) is 2.27. The molecule has 0 fully saturated rings. The van der Waals surface area contributed by atoms with Gasteiger partial charge >= 0.3 is 0 Å². The molecule has 0 N–H and O–H groups in total. The van der Waals surface area contributed by atoms with Crippen molar-refractivity contribution in [2.45, 2.75) is 27.7 Å². The van der Waals surface area contributed by atoms with Gasteiger partial charge in [0, 0.05) is 18.7 Å². The van der Waals surface area contributed by atoms with Crippen LogP contribution in [0.3, 0.4) is 0 Å². The Kier molecular flexibility index (Phi) is 7.59. The van der Waals surface area contributed by atoms with Crippen molar-refractivity contribution < 1.29 is 19.1 Å². The van der Waals surface area contributed by atoms with E-state index < -0.39 is 0 Å². The van der Waals surface area contributed by atoms with Gasteiger partial charge < -0.3 is 14.4 Å². The minimum atomic E-state index is -0.0713. The third kappa shape index (κ3) is 6.30. The maximum atomic E-state index is 12.4. The second-order valence-corrected chi connectivity index (χ2v) is 6.40. The Hall–Kier alpha value is -2.04. The molecule has 0 atom stereocenters. The first-order valence-electron chi connectivity index (χ1n) is 7.91. The molecule has 0 heterocycles. The minimum Gasteiger partial charge on any atom is -0.493 e. The summed E-state index contributed by atoms with van der Waals surface area (Å²) in [5.41, 5.74) is 0.481. The highest BCUT2D eigenvalue weighted by Gasteiger charge is 2.17. The highest BCUT2D eigenvalue weighted by molar-refractivity contribution is 5.79. The standard InChI is InChI=1S/C18H27NO4/c1-13(2)9-19(10-14(3)4)18(21)12-23-17-8-15(11-20)6-7-16(17)22-5/h6-8,11,13-14H,9-10,12H2,1-5H3. The van der Waals surface area contributed by atoms with Crippen molar-refractivity contribution in [3.05, 3.63) is 23.8 Å². The van der Waals surface area contributed by atoms with Crippen molar-refractivity contribution in [1.29, 1.82) is 0 Å². The van der Waals surface area contributed by atoms with Crippen LogP contribution in [-0.4, -0.2) is 43.9 Å². The number of carbonyl (C=O) groups excluding carboxylic acids is 2. The molecule has 0 unspecified atom stereocenters. The molecule has 1 aromatic carbocycles. The van der Waals surface area contributed by atoms with Gasteiger partial charge in [-0.3, -0.25) is 9.59 Å². The van der Waals surface area contributed by atoms with E-state index in [0.29, 0.717) is 42.0 Å². The molecule has 0 bridgehead atoms. The summed E-state index contributed by atoms with van der Waals surface area (Å²) in [5.74, 6) is 1.63.